The molecule has 1 amide bonds. The lowest BCUT2D eigenvalue weighted by atomic mass is 10.00. The van der Waals surface area contributed by atoms with Crippen molar-refractivity contribution in [3.05, 3.63) is 97.1 Å². The third kappa shape index (κ3) is 4.40. The summed E-state index contributed by atoms with van der Waals surface area (Å²) in [6, 6.07) is 21.9. The van der Waals surface area contributed by atoms with Gasteiger partial charge < -0.3 is 19.5 Å². The molecule has 1 saturated heterocycles. The van der Waals surface area contributed by atoms with Crippen LogP contribution in [0.4, 0.5) is 5.69 Å². The van der Waals surface area contributed by atoms with Crippen molar-refractivity contribution in [2.75, 3.05) is 38.2 Å². The Labute approximate surface area is 215 Å². The summed E-state index contributed by atoms with van der Waals surface area (Å²) in [5.74, 6) is 0.868. The lowest BCUT2D eigenvalue weighted by Crippen LogP contribution is -2.48. The van der Waals surface area contributed by atoms with Crippen molar-refractivity contribution in [2.45, 2.75) is 0 Å². The van der Waals surface area contributed by atoms with Gasteiger partial charge in [0.1, 0.15) is 11.4 Å². The van der Waals surface area contributed by atoms with Crippen LogP contribution in [-0.2, 0) is 0 Å². The maximum absolute atomic E-state index is 13.4. The molecule has 3 aromatic heterocycles. The molecule has 1 fully saturated rings. The first-order valence-electron chi connectivity index (χ1n) is 12.4. The molecule has 7 nitrogen and oxygen atoms in total. The normalized spacial score (nSPS) is 13.6. The highest BCUT2D eigenvalue weighted by atomic mass is 16.5. The number of fused-ring (bicyclic) bond motifs is 1. The van der Waals surface area contributed by atoms with Crippen LogP contribution in [0.25, 0.3) is 33.3 Å². The van der Waals surface area contributed by atoms with E-state index < -0.39 is 0 Å². The number of aromatic amines is 1. The number of H-pyrrole nitrogens is 1. The number of methoxy groups -OCH3 is 1. The van der Waals surface area contributed by atoms with Gasteiger partial charge in [-0.25, -0.2) is 4.98 Å². The third-order valence-electron chi connectivity index (χ3n) is 6.97. The van der Waals surface area contributed by atoms with E-state index in [0.29, 0.717) is 18.7 Å². The first-order chi connectivity index (χ1) is 18.2. The van der Waals surface area contributed by atoms with Crippen LogP contribution in [0.2, 0.25) is 0 Å². The molecule has 1 aliphatic rings. The quantitative estimate of drug-likeness (QED) is 0.364. The molecule has 2 aromatic carbocycles. The van der Waals surface area contributed by atoms with Crippen molar-refractivity contribution in [1.82, 2.24) is 19.9 Å². The number of carbonyl (C=O) groups excluding carboxylic acids is 1. The Hall–Kier alpha value is -4.65. The van der Waals surface area contributed by atoms with Gasteiger partial charge in [-0.15, -0.1) is 0 Å². The molecule has 4 heterocycles. The van der Waals surface area contributed by atoms with Gasteiger partial charge in [0.25, 0.3) is 5.91 Å². The second kappa shape index (κ2) is 9.78. The number of aromatic nitrogens is 3. The number of piperazine rings is 1. The molecular weight excluding hydrogens is 462 g/mol. The highest BCUT2D eigenvalue weighted by Crippen LogP contribution is 2.36. The van der Waals surface area contributed by atoms with Gasteiger partial charge in [-0.05, 0) is 42.0 Å². The fraction of sp³-hybridized carbons (Fsp3) is 0.167. The van der Waals surface area contributed by atoms with Crippen molar-refractivity contribution >= 4 is 22.6 Å². The van der Waals surface area contributed by atoms with Crippen LogP contribution in [0.3, 0.4) is 0 Å². The van der Waals surface area contributed by atoms with E-state index in [1.165, 1.54) is 0 Å². The molecule has 6 rings (SSSR count). The monoisotopic (exact) mass is 489 g/mol. The predicted octanol–water partition coefficient (Wildman–Crippen LogP) is 5.26. The average molecular weight is 490 g/mol. The molecule has 184 valence electrons. The van der Waals surface area contributed by atoms with Crippen molar-refractivity contribution < 1.29 is 9.53 Å². The fourth-order valence-electron chi connectivity index (χ4n) is 4.99. The molecule has 37 heavy (non-hydrogen) atoms. The number of para-hydroxylation sites is 1. The lowest BCUT2D eigenvalue weighted by Gasteiger charge is -2.36. The minimum absolute atomic E-state index is 0.0571. The Kier molecular flexibility index (Phi) is 6.02. The first-order valence-corrected chi connectivity index (χ1v) is 12.4. The minimum atomic E-state index is 0.0571. The van der Waals surface area contributed by atoms with Crippen LogP contribution in [0.5, 0.6) is 5.75 Å². The summed E-state index contributed by atoms with van der Waals surface area (Å²) in [6.45, 7) is 2.97. The first kappa shape index (κ1) is 22.8. The van der Waals surface area contributed by atoms with E-state index >= 15 is 0 Å². The molecule has 0 aliphatic carbocycles. The Bertz CT molecular complexity index is 1560. The second-order valence-corrected chi connectivity index (χ2v) is 9.09. The Morgan fingerprint density at radius 1 is 0.892 bits per heavy atom. The Morgan fingerprint density at radius 2 is 1.70 bits per heavy atom. The summed E-state index contributed by atoms with van der Waals surface area (Å²) in [7, 11) is 1.68. The van der Waals surface area contributed by atoms with E-state index in [1.54, 1.807) is 19.5 Å². The van der Waals surface area contributed by atoms with Gasteiger partial charge in [0, 0.05) is 84.3 Å². The molecule has 5 aromatic rings. The molecular formula is C30H27N5O2. The minimum Gasteiger partial charge on any atom is -0.496 e. The van der Waals surface area contributed by atoms with Crippen molar-refractivity contribution in [2.24, 2.45) is 0 Å². The highest BCUT2D eigenvalue weighted by Gasteiger charge is 2.23. The lowest BCUT2D eigenvalue weighted by molar-refractivity contribution is 0.0747. The van der Waals surface area contributed by atoms with Gasteiger partial charge in [0.15, 0.2) is 0 Å². The molecule has 7 heteroatoms. The van der Waals surface area contributed by atoms with Crippen LogP contribution < -0.4 is 9.64 Å². The molecule has 0 bridgehead atoms. The number of benzene rings is 2. The van der Waals surface area contributed by atoms with Gasteiger partial charge in [0.05, 0.1) is 7.11 Å². The standard InChI is InChI=1S/C30H27N5O2/c1-37-28-8-3-2-7-25(28)27-20-33-29-26(27)18-23(19-32-29)21-5-4-6-22(17-21)30(36)35-15-13-34(14-16-35)24-9-11-31-12-10-24/h2-12,17-20H,13-16H2,1H3,(H,32,33). The smallest absolute Gasteiger partial charge is 0.253 e. The average Bonchev–Trinajstić information content (AvgIpc) is 3.40. The summed E-state index contributed by atoms with van der Waals surface area (Å²) in [4.78, 5) is 29.6. The number of nitrogens with zero attached hydrogens (tertiary/aromatic N) is 4. The summed E-state index contributed by atoms with van der Waals surface area (Å²) in [5.41, 5.74) is 6.59. The number of ether oxygens (including phenoxy) is 1. The van der Waals surface area contributed by atoms with Gasteiger partial charge >= 0.3 is 0 Å². The van der Waals surface area contributed by atoms with E-state index in [9.17, 15) is 4.79 Å². The number of nitrogens with one attached hydrogen (secondary N) is 1. The van der Waals surface area contributed by atoms with Crippen LogP contribution in [-0.4, -0.2) is 59.0 Å². The zero-order valence-electron chi connectivity index (χ0n) is 20.6. The van der Waals surface area contributed by atoms with Crippen molar-refractivity contribution in [3.63, 3.8) is 0 Å². The second-order valence-electron chi connectivity index (χ2n) is 9.09. The van der Waals surface area contributed by atoms with Crippen LogP contribution in [0, 0.1) is 0 Å². The third-order valence-corrected chi connectivity index (χ3v) is 6.97. The Balaban J connectivity index is 1.25. The summed E-state index contributed by atoms with van der Waals surface area (Å²) >= 11 is 0. The molecule has 1 N–H and O–H groups in total. The largest absolute Gasteiger partial charge is 0.496 e. The van der Waals surface area contributed by atoms with Gasteiger partial charge in [-0.2, -0.15) is 0 Å². The number of rotatable bonds is 5. The molecule has 0 radical (unpaired) electrons. The molecule has 0 unspecified atom stereocenters. The van der Waals surface area contributed by atoms with Crippen LogP contribution in [0.1, 0.15) is 10.4 Å². The predicted molar refractivity (Wildman–Crippen MR) is 146 cm³/mol. The topological polar surface area (TPSA) is 74.3 Å². The number of hydrogen-bond acceptors (Lipinski definition) is 5. The van der Waals surface area contributed by atoms with Gasteiger partial charge in [-0.1, -0.05) is 30.3 Å². The van der Waals surface area contributed by atoms with E-state index in [4.69, 9.17) is 4.74 Å². The fourth-order valence-corrected chi connectivity index (χ4v) is 4.99. The zero-order valence-corrected chi connectivity index (χ0v) is 20.6. The molecule has 0 spiro atoms. The van der Waals surface area contributed by atoms with Gasteiger partial charge in [-0.3, -0.25) is 9.78 Å². The molecule has 0 saturated carbocycles. The van der Waals surface area contributed by atoms with E-state index in [0.717, 1.165) is 57.8 Å². The number of amides is 1. The van der Waals surface area contributed by atoms with Crippen LogP contribution in [0.15, 0.2) is 91.5 Å². The van der Waals surface area contributed by atoms with Crippen molar-refractivity contribution in [1.29, 1.82) is 0 Å². The SMILES string of the molecule is COc1ccccc1-c1c[nH]c2ncc(-c3cccc(C(=O)N4CCN(c5ccncc5)CC4)c3)cc12. The number of hydrogen-bond donors (Lipinski definition) is 1. The van der Waals surface area contributed by atoms with E-state index in [1.807, 2.05) is 78.0 Å². The molecule has 0 atom stereocenters. The van der Waals surface area contributed by atoms with Crippen molar-refractivity contribution in [3.8, 4) is 28.0 Å². The van der Waals surface area contributed by atoms with Gasteiger partial charge in [0.2, 0.25) is 0 Å². The number of anilines is 1. The van der Waals surface area contributed by atoms with Crippen LogP contribution >= 0.6 is 0 Å². The summed E-state index contributed by atoms with van der Waals surface area (Å²) in [5, 5.41) is 1.01. The Morgan fingerprint density at radius 3 is 2.51 bits per heavy atom. The summed E-state index contributed by atoms with van der Waals surface area (Å²) in [6.07, 6.45) is 7.42. The van der Waals surface area contributed by atoms with E-state index in [-0.39, 0.29) is 5.91 Å². The summed E-state index contributed by atoms with van der Waals surface area (Å²) < 4.78 is 5.58. The maximum atomic E-state index is 13.4. The molecule has 1 aliphatic heterocycles. The highest BCUT2D eigenvalue weighted by molar-refractivity contribution is 5.98. The zero-order chi connectivity index (χ0) is 25.2. The number of pyridine rings is 2. The number of carbonyl (C=O) groups is 1. The van der Waals surface area contributed by atoms with E-state index in [2.05, 4.69) is 25.9 Å². The maximum Gasteiger partial charge on any atom is 0.253 e.